The Labute approximate surface area is 92.4 Å². The molecule has 0 aliphatic carbocycles. The summed E-state index contributed by atoms with van der Waals surface area (Å²) in [5.41, 5.74) is 0. The Bertz CT molecular complexity index is 228. The van der Waals surface area contributed by atoms with Crippen LogP contribution in [0.15, 0.2) is 0 Å². The number of rotatable bonds is 1. The summed E-state index contributed by atoms with van der Waals surface area (Å²) in [6, 6.07) is 2.53. The van der Waals surface area contributed by atoms with Gasteiger partial charge in [-0.1, -0.05) is 0 Å². The third-order valence-electron chi connectivity index (χ3n) is 4.56. The van der Waals surface area contributed by atoms with E-state index in [4.69, 9.17) is 4.74 Å². The van der Waals surface area contributed by atoms with Crippen molar-refractivity contribution in [3.05, 3.63) is 0 Å². The molecule has 0 radical (unpaired) electrons. The van der Waals surface area contributed by atoms with Crippen LogP contribution in [0.1, 0.15) is 25.7 Å². The van der Waals surface area contributed by atoms with Crippen molar-refractivity contribution in [2.75, 3.05) is 33.4 Å². The van der Waals surface area contributed by atoms with Crippen LogP contribution >= 0.6 is 0 Å². The predicted molar refractivity (Wildman–Crippen MR) is 60.0 cm³/mol. The molecule has 0 amide bonds. The van der Waals surface area contributed by atoms with Crippen molar-refractivity contribution < 1.29 is 4.74 Å². The van der Waals surface area contributed by atoms with Crippen LogP contribution in [0.5, 0.6) is 0 Å². The largest absolute Gasteiger partial charge is 0.381 e. The molecule has 3 aliphatic rings. The number of ether oxygens (including phenoxy) is 1. The lowest BCUT2D eigenvalue weighted by atomic mass is 10.0. The van der Waals surface area contributed by atoms with Crippen LogP contribution in [0.25, 0.3) is 0 Å². The maximum atomic E-state index is 5.45. The lowest BCUT2D eigenvalue weighted by molar-refractivity contribution is 0.0289. The minimum absolute atomic E-state index is 0.820. The van der Waals surface area contributed by atoms with Crippen molar-refractivity contribution >= 4 is 0 Å². The van der Waals surface area contributed by atoms with Gasteiger partial charge in [0.2, 0.25) is 0 Å². The molecule has 3 saturated heterocycles. The molecule has 3 heterocycles. The van der Waals surface area contributed by atoms with E-state index in [0.29, 0.717) is 0 Å². The zero-order valence-electron chi connectivity index (χ0n) is 9.69. The quantitative estimate of drug-likeness (QED) is 0.641. The molecule has 0 saturated carbocycles. The van der Waals surface area contributed by atoms with E-state index in [1.165, 1.54) is 38.8 Å². The number of likely N-dealkylation sites (N-methyl/N-ethyl adjacent to an activating group) is 1. The minimum Gasteiger partial charge on any atom is -0.381 e. The van der Waals surface area contributed by atoms with Gasteiger partial charge >= 0.3 is 0 Å². The first-order valence-corrected chi connectivity index (χ1v) is 6.40. The highest BCUT2D eigenvalue weighted by Gasteiger charge is 2.43. The predicted octanol–water partition coefficient (Wildman–Crippen LogP) is 0.944. The second-order valence-electron chi connectivity index (χ2n) is 5.27. The summed E-state index contributed by atoms with van der Waals surface area (Å²) in [7, 11) is 2.29. The molecule has 0 aromatic heterocycles. The van der Waals surface area contributed by atoms with Crippen LogP contribution in [0.2, 0.25) is 0 Å². The van der Waals surface area contributed by atoms with Gasteiger partial charge in [0.25, 0.3) is 0 Å². The normalized spacial score (nSPS) is 39.8. The second-order valence-corrected chi connectivity index (χ2v) is 5.27. The van der Waals surface area contributed by atoms with E-state index in [-0.39, 0.29) is 0 Å². The Hall–Kier alpha value is -0.120. The van der Waals surface area contributed by atoms with Crippen LogP contribution in [-0.2, 0) is 4.74 Å². The second kappa shape index (κ2) is 4.04. The van der Waals surface area contributed by atoms with Gasteiger partial charge in [-0.05, 0) is 39.3 Å². The van der Waals surface area contributed by atoms with Crippen LogP contribution in [0, 0.1) is 0 Å². The highest BCUT2D eigenvalue weighted by Crippen LogP contribution is 2.33. The monoisotopic (exact) mass is 210 g/mol. The molecule has 0 spiro atoms. The van der Waals surface area contributed by atoms with Crippen LogP contribution in [-0.4, -0.2) is 61.3 Å². The molecule has 0 aromatic carbocycles. The summed E-state index contributed by atoms with van der Waals surface area (Å²) in [5.74, 6) is 0. The van der Waals surface area contributed by atoms with Crippen molar-refractivity contribution in [2.24, 2.45) is 0 Å². The van der Waals surface area contributed by atoms with Gasteiger partial charge in [0, 0.05) is 37.9 Å². The topological polar surface area (TPSA) is 15.7 Å². The van der Waals surface area contributed by atoms with E-state index in [1.807, 2.05) is 0 Å². The maximum Gasteiger partial charge on any atom is 0.0480 e. The van der Waals surface area contributed by atoms with Gasteiger partial charge in [-0.15, -0.1) is 0 Å². The molecule has 3 nitrogen and oxygen atoms in total. The lowest BCUT2D eigenvalue weighted by Crippen LogP contribution is -2.44. The van der Waals surface area contributed by atoms with Gasteiger partial charge in [-0.3, -0.25) is 4.90 Å². The van der Waals surface area contributed by atoms with Gasteiger partial charge < -0.3 is 9.64 Å². The van der Waals surface area contributed by atoms with E-state index in [2.05, 4.69) is 16.8 Å². The highest BCUT2D eigenvalue weighted by molar-refractivity contribution is 5.00. The van der Waals surface area contributed by atoms with Crippen molar-refractivity contribution in [2.45, 2.75) is 43.8 Å². The van der Waals surface area contributed by atoms with Gasteiger partial charge in [0.1, 0.15) is 0 Å². The fraction of sp³-hybridized carbons (Fsp3) is 1.00. The van der Waals surface area contributed by atoms with Crippen molar-refractivity contribution in [1.82, 2.24) is 9.80 Å². The van der Waals surface area contributed by atoms with Gasteiger partial charge in [0.15, 0.2) is 0 Å². The third-order valence-corrected chi connectivity index (χ3v) is 4.56. The molecular weight excluding hydrogens is 188 g/mol. The maximum absolute atomic E-state index is 5.45. The zero-order valence-corrected chi connectivity index (χ0v) is 9.69. The molecule has 0 bridgehead atoms. The van der Waals surface area contributed by atoms with Crippen molar-refractivity contribution in [1.29, 1.82) is 0 Å². The standard InChI is InChI=1S/C12H22N2O/c1-13-6-2-12-11(13)3-7-14(12)10-4-8-15-9-5-10/h10-12H,2-9H2,1H3. The number of likely N-dealkylation sites (tertiary alicyclic amines) is 2. The molecule has 3 aliphatic heterocycles. The van der Waals surface area contributed by atoms with Gasteiger partial charge in [0.05, 0.1) is 0 Å². The van der Waals surface area contributed by atoms with Gasteiger partial charge in [-0.2, -0.15) is 0 Å². The average molecular weight is 210 g/mol. The molecule has 3 heteroatoms. The van der Waals surface area contributed by atoms with Crippen molar-refractivity contribution in [3.8, 4) is 0 Å². The Morgan fingerprint density at radius 1 is 0.933 bits per heavy atom. The summed E-state index contributed by atoms with van der Waals surface area (Å²) in [5, 5.41) is 0. The highest BCUT2D eigenvalue weighted by atomic mass is 16.5. The summed E-state index contributed by atoms with van der Waals surface area (Å²) >= 11 is 0. The van der Waals surface area contributed by atoms with Crippen molar-refractivity contribution in [3.63, 3.8) is 0 Å². The van der Waals surface area contributed by atoms with E-state index in [9.17, 15) is 0 Å². The molecule has 2 atom stereocenters. The fourth-order valence-corrected chi connectivity index (χ4v) is 3.70. The third kappa shape index (κ3) is 1.71. The lowest BCUT2D eigenvalue weighted by Gasteiger charge is -2.35. The summed E-state index contributed by atoms with van der Waals surface area (Å²) in [6.45, 7) is 4.59. The number of hydrogen-bond acceptors (Lipinski definition) is 3. The van der Waals surface area contributed by atoms with E-state index >= 15 is 0 Å². The molecule has 15 heavy (non-hydrogen) atoms. The summed E-state index contributed by atoms with van der Waals surface area (Å²) < 4.78 is 5.45. The number of fused-ring (bicyclic) bond motifs is 1. The fourth-order valence-electron chi connectivity index (χ4n) is 3.70. The Morgan fingerprint density at radius 3 is 2.47 bits per heavy atom. The van der Waals surface area contributed by atoms with Crippen LogP contribution in [0.3, 0.4) is 0 Å². The summed E-state index contributed by atoms with van der Waals surface area (Å²) in [4.78, 5) is 5.35. The van der Waals surface area contributed by atoms with E-state index in [0.717, 1.165) is 31.3 Å². The molecule has 3 fully saturated rings. The first-order chi connectivity index (χ1) is 7.36. The van der Waals surface area contributed by atoms with E-state index < -0.39 is 0 Å². The average Bonchev–Trinajstić information content (AvgIpc) is 2.83. The Morgan fingerprint density at radius 2 is 1.67 bits per heavy atom. The molecular formula is C12H22N2O. The number of hydrogen-bond donors (Lipinski definition) is 0. The smallest absolute Gasteiger partial charge is 0.0480 e. The Kier molecular flexibility index (Phi) is 2.71. The molecule has 0 N–H and O–H groups in total. The molecule has 86 valence electrons. The first-order valence-electron chi connectivity index (χ1n) is 6.40. The zero-order chi connectivity index (χ0) is 10.3. The molecule has 3 rings (SSSR count). The first kappa shape index (κ1) is 10.1. The van der Waals surface area contributed by atoms with Crippen LogP contribution in [0.4, 0.5) is 0 Å². The van der Waals surface area contributed by atoms with Crippen LogP contribution < -0.4 is 0 Å². The van der Waals surface area contributed by atoms with Gasteiger partial charge in [-0.25, -0.2) is 0 Å². The van der Waals surface area contributed by atoms with E-state index in [1.54, 1.807) is 0 Å². The minimum atomic E-state index is 0.820. The SMILES string of the molecule is CN1CCC2C1CCN2C1CCOCC1. The number of nitrogens with zero attached hydrogens (tertiary/aromatic N) is 2. The Balaban J connectivity index is 1.67. The molecule has 0 aromatic rings. The molecule has 2 unspecified atom stereocenters. The summed E-state index contributed by atoms with van der Waals surface area (Å²) in [6.07, 6.45) is 5.29.